The molecule has 0 radical (unpaired) electrons. The Hall–Kier alpha value is -5.26. The van der Waals surface area contributed by atoms with Gasteiger partial charge >= 0.3 is 17.9 Å². The van der Waals surface area contributed by atoms with Crippen molar-refractivity contribution in [2.45, 2.75) is 45.1 Å². The number of H-pyrrole nitrogens is 1. The first-order valence-corrected chi connectivity index (χ1v) is 13.6. The molecule has 4 N–H and O–H groups in total. The standard InChI is InChI=1S/C31H32N4O8/c1-19-27(29(37)38)28(23-5-3-6-24(18-23)35(41)42)31(30(39)40,20(2)34-19)13-4-16-43-26(36)12-11-21-7-9-22(10-8-21)17-25-32-14-15-33-25/h3,5-12,14-15,18,20,28,34H,4,13,16-17H2,1-2H3,(H,32,33)(H,37,38)(H,39,40). The Bertz CT molecular complexity index is 1560. The Morgan fingerprint density at radius 1 is 1.16 bits per heavy atom. The number of aliphatic carboxylic acids is 2. The molecule has 1 aliphatic heterocycles. The molecule has 12 heteroatoms. The van der Waals surface area contributed by atoms with Crippen molar-refractivity contribution in [1.82, 2.24) is 15.3 Å². The molecule has 1 aliphatic rings. The summed E-state index contributed by atoms with van der Waals surface area (Å²) in [5.41, 5.74) is 0.149. The number of aromatic nitrogens is 2. The average molecular weight is 589 g/mol. The molecule has 0 bridgehead atoms. The summed E-state index contributed by atoms with van der Waals surface area (Å²) in [5.74, 6) is -3.57. The fourth-order valence-electron chi connectivity index (χ4n) is 5.68. The summed E-state index contributed by atoms with van der Waals surface area (Å²) in [7, 11) is 0. The smallest absolute Gasteiger partial charge is 0.333 e. The first kappa shape index (κ1) is 30.7. The molecule has 2 heterocycles. The SMILES string of the molecule is CC1=C(C(=O)O)C(c2cccc([N+](=O)[O-])c2)C(CCCOC(=O)C=Cc2ccc(Cc3ncc[nH]3)cc2)(C(=O)O)C(C)N1. The minimum absolute atomic E-state index is 0.0674. The third-order valence-electron chi connectivity index (χ3n) is 7.75. The molecule has 3 atom stereocenters. The zero-order chi connectivity index (χ0) is 31.1. The third kappa shape index (κ3) is 6.80. The second-order valence-corrected chi connectivity index (χ2v) is 10.4. The number of ether oxygens (including phenoxy) is 1. The lowest BCUT2D eigenvalue weighted by atomic mass is 9.60. The first-order chi connectivity index (χ1) is 20.5. The van der Waals surface area contributed by atoms with Gasteiger partial charge in [-0.25, -0.2) is 14.6 Å². The number of aromatic amines is 1. The van der Waals surface area contributed by atoms with Crippen molar-refractivity contribution in [3.63, 3.8) is 0 Å². The summed E-state index contributed by atoms with van der Waals surface area (Å²) >= 11 is 0. The molecular weight excluding hydrogens is 556 g/mol. The van der Waals surface area contributed by atoms with Crippen molar-refractivity contribution in [1.29, 1.82) is 0 Å². The zero-order valence-electron chi connectivity index (χ0n) is 23.6. The monoisotopic (exact) mass is 588 g/mol. The van der Waals surface area contributed by atoms with Crippen LogP contribution in [0.15, 0.2) is 78.3 Å². The van der Waals surface area contributed by atoms with Gasteiger partial charge in [0.25, 0.3) is 5.69 Å². The average Bonchev–Trinajstić information content (AvgIpc) is 3.48. The van der Waals surface area contributed by atoms with E-state index in [1.807, 2.05) is 24.3 Å². The van der Waals surface area contributed by atoms with E-state index < -0.39 is 40.2 Å². The van der Waals surface area contributed by atoms with E-state index in [9.17, 15) is 34.7 Å². The highest BCUT2D eigenvalue weighted by Crippen LogP contribution is 2.51. The van der Waals surface area contributed by atoms with Crippen LogP contribution in [0.2, 0.25) is 0 Å². The van der Waals surface area contributed by atoms with E-state index in [-0.39, 0.29) is 42.0 Å². The predicted octanol–water partition coefficient (Wildman–Crippen LogP) is 4.45. The van der Waals surface area contributed by atoms with Gasteiger partial charge in [0.1, 0.15) is 5.82 Å². The first-order valence-electron chi connectivity index (χ1n) is 13.6. The number of allylic oxidation sites excluding steroid dienone is 1. The van der Waals surface area contributed by atoms with Crippen LogP contribution in [-0.2, 0) is 25.5 Å². The number of hydrogen-bond acceptors (Lipinski definition) is 8. The normalized spacial score (nSPS) is 20.0. The number of esters is 1. The molecule has 0 fully saturated rings. The summed E-state index contributed by atoms with van der Waals surface area (Å²) in [6.07, 6.45) is 7.02. The molecule has 0 saturated heterocycles. The topological polar surface area (TPSA) is 185 Å². The summed E-state index contributed by atoms with van der Waals surface area (Å²) in [6.45, 7) is 3.06. The number of imidazole rings is 1. The van der Waals surface area contributed by atoms with Gasteiger partial charge in [-0.15, -0.1) is 0 Å². The third-order valence-corrected chi connectivity index (χ3v) is 7.75. The van der Waals surface area contributed by atoms with Gasteiger partial charge in [0, 0.05) is 54.7 Å². The van der Waals surface area contributed by atoms with Gasteiger partial charge in [0.15, 0.2) is 0 Å². The molecule has 43 heavy (non-hydrogen) atoms. The zero-order valence-corrected chi connectivity index (χ0v) is 23.6. The van der Waals surface area contributed by atoms with E-state index in [2.05, 4.69) is 15.3 Å². The lowest BCUT2D eigenvalue weighted by Gasteiger charge is -2.47. The van der Waals surface area contributed by atoms with Crippen molar-refractivity contribution in [3.8, 4) is 0 Å². The quantitative estimate of drug-likeness (QED) is 0.0774. The molecule has 0 amide bonds. The second kappa shape index (κ2) is 13.1. The van der Waals surface area contributed by atoms with Crippen LogP contribution < -0.4 is 5.32 Å². The Balaban J connectivity index is 1.47. The molecule has 12 nitrogen and oxygen atoms in total. The minimum atomic E-state index is -1.71. The van der Waals surface area contributed by atoms with Crippen LogP contribution in [0.5, 0.6) is 0 Å². The number of carbonyl (C=O) groups is 3. The van der Waals surface area contributed by atoms with Crippen molar-refractivity contribution < 1.29 is 34.3 Å². The van der Waals surface area contributed by atoms with Crippen molar-refractivity contribution in [2.75, 3.05) is 6.61 Å². The summed E-state index contributed by atoms with van der Waals surface area (Å²) in [4.78, 5) is 55.8. The number of non-ortho nitro benzene ring substituents is 1. The highest BCUT2D eigenvalue weighted by Gasteiger charge is 2.56. The second-order valence-electron chi connectivity index (χ2n) is 10.4. The molecule has 3 aromatic rings. The minimum Gasteiger partial charge on any atom is -0.481 e. The molecule has 4 rings (SSSR count). The van der Waals surface area contributed by atoms with Crippen LogP contribution in [0, 0.1) is 15.5 Å². The lowest BCUT2D eigenvalue weighted by Crippen LogP contribution is -2.56. The molecule has 224 valence electrons. The van der Waals surface area contributed by atoms with E-state index in [4.69, 9.17) is 4.74 Å². The molecule has 3 unspecified atom stereocenters. The van der Waals surface area contributed by atoms with Crippen LogP contribution in [0.4, 0.5) is 5.69 Å². The van der Waals surface area contributed by atoms with E-state index in [0.29, 0.717) is 6.42 Å². The molecular formula is C31H32N4O8. The van der Waals surface area contributed by atoms with Crippen LogP contribution in [-0.4, -0.2) is 55.7 Å². The Labute approximate surface area is 247 Å². The number of carboxylic acids is 2. The highest BCUT2D eigenvalue weighted by molar-refractivity contribution is 5.93. The number of rotatable bonds is 12. The molecule has 2 aromatic carbocycles. The fourth-order valence-corrected chi connectivity index (χ4v) is 5.68. The highest BCUT2D eigenvalue weighted by atomic mass is 16.6. The Morgan fingerprint density at radius 3 is 2.53 bits per heavy atom. The molecule has 1 aromatic heterocycles. The largest absolute Gasteiger partial charge is 0.481 e. The summed E-state index contributed by atoms with van der Waals surface area (Å²) < 4.78 is 5.33. The number of nitro benzene ring substituents is 1. The Morgan fingerprint density at radius 2 is 1.91 bits per heavy atom. The maximum absolute atomic E-state index is 13.0. The number of nitrogens with zero attached hydrogens (tertiary/aromatic N) is 2. The molecule has 0 aliphatic carbocycles. The van der Waals surface area contributed by atoms with Gasteiger partial charge in [-0.1, -0.05) is 36.4 Å². The van der Waals surface area contributed by atoms with Crippen LogP contribution in [0.25, 0.3) is 6.08 Å². The number of nitrogens with one attached hydrogen (secondary N) is 2. The van der Waals surface area contributed by atoms with Crippen LogP contribution in [0.3, 0.4) is 0 Å². The lowest BCUT2D eigenvalue weighted by molar-refractivity contribution is -0.384. The maximum atomic E-state index is 13.0. The number of carbonyl (C=O) groups excluding carboxylic acids is 1. The Kier molecular flexibility index (Phi) is 9.39. The predicted molar refractivity (Wildman–Crippen MR) is 156 cm³/mol. The summed E-state index contributed by atoms with van der Waals surface area (Å²) in [6, 6.07) is 12.2. The van der Waals surface area contributed by atoms with Crippen molar-refractivity contribution in [3.05, 3.63) is 111 Å². The van der Waals surface area contributed by atoms with Gasteiger partial charge in [-0.2, -0.15) is 0 Å². The van der Waals surface area contributed by atoms with E-state index in [1.54, 1.807) is 25.4 Å². The molecule has 0 saturated carbocycles. The van der Waals surface area contributed by atoms with Crippen molar-refractivity contribution in [2.24, 2.45) is 5.41 Å². The fraction of sp³-hybridized carbons (Fsp3) is 0.290. The van der Waals surface area contributed by atoms with Crippen LogP contribution >= 0.6 is 0 Å². The van der Waals surface area contributed by atoms with E-state index >= 15 is 0 Å². The van der Waals surface area contributed by atoms with Gasteiger partial charge in [-0.05, 0) is 49.5 Å². The van der Waals surface area contributed by atoms with E-state index in [0.717, 1.165) is 17.0 Å². The number of hydrogen-bond donors (Lipinski definition) is 4. The summed E-state index contributed by atoms with van der Waals surface area (Å²) in [5, 5.41) is 35.1. The van der Waals surface area contributed by atoms with Crippen molar-refractivity contribution >= 4 is 29.7 Å². The van der Waals surface area contributed by atoms with Gasteiger partial charge in [0.2, 0.25) is 0 Å². The maximum Gasteiger partial charge on any atom is 0.333 e. The number of carboxylic acid groups (broad SMARTS) is 2. The number of benzene rings is 2. The molecule has 0 spiro atoms. The van der Waals surface area contributed by atoms with Crippen LogP contribution in [0.1, 0.15) is 55.1 Å². The van der Waals surface area contributed by atoms with Gasteiger partial charge < -0.3 is 25.3 Å². The number of nitro groups is 1. The van der Waals surface area contributed by atoms with E-state index in [1.165, 1.54) is 37.3 Å². The van der Waals surface area contributed by atoms with Gasteiger partial charge in [0.05, 0.1) is 22.5 Å². The van der Waals surface area contributed by atoms with Gasteiger partial charge in [-0.3, -0.25) is 14.9 Å².